The fraction of sp³-hybridized carbons (Fsp3) is 0.438. The van der Waals surface area contributed by atoms with Crippen LogP contribution in [0.4, 0.5) is 14.5 Å². The zero-order chi connectivity index (χ0) is 18.2. The molecule has 0 aromatic heterocycles. The highest BCUT2D eigenvalue weighted by Gasteiger charge is 2.53. The van der Waals surface area contributed by atoms with Crippen molar-refractivity contribution in [3.05, 3.63) is 29.8 Å². The van der Waals surface area contributed by atoms with E-state index in [1.54, 1.807) is 0 Å². The molecule has 2 amide bonds. The van der Waals surface area contributed by atoms with Gasteiger partial charge in [-0.1, -0.05) is 0 Å². The number of hydrogen-bond acceptors (Lipinski definition) is 5. The van der Waals surface area contributed by atoms with Gasteiger partial charge in [0.15, 0.2) is 6.61 Å². The second-order valence-corrected chi connectivity index (χ2v) is 7.55. The van der Waals surface area contributed by atoms with E-state index in [0.717, 1.165) is 18.2 Å². The van der Waals surface area contributed by atoms with Gasteiger partial charge in [-0.3, -0.25) is 9.59 Å². The molecule has 2 saturated heterocycles. The maximum atomic E-state index is 13.5. The lowest BCUT2D eigenvalue weighted by atomic mass is 10.2. The number of esters is 1. The van der Waals surface area contributed by atoms with Crippen molar-refractivity contribution in [3.63, 3.8) is 0 Å². The second-order valence-electron chi connectivity index (χ2n) is 6.05. The zero-order valence-corrected chi connectivity index (χ0v) is 14.2. The van der Waals surface area contributed by atoms with Crippen molar-refractivity contribution in [2.45, 2.75) is 30.7 Å². The van der Waals surface area contributed by atoms with Crippen molar-refractivity contribution in [2.75, 3.05) is 17.7 Å². The average Bonchev–Trinajstić information content (AvgIpc) is 3.05. The summed E-state index contributed by atoms with van der Waals surface area (Å²) in [6.45, 7) is 1.25. The molecule has 2 aliphatic rings. The molecular formula is C16H16F2N2O4S. The van der Waals surface area contributed by atoms with E-state index < -0.39 is 41.0 Å². The smallest absolute Gasteiger partial charge is 0.330 e. The van der Waals surface area contributed by atoms with Crippen LogP contribution in [0.25, 0.3) is 0 Å². The number of rotatable bonds is 4. The fourth-order valence-electron chi connectivity index (χ4n) is 3.01. The number of carbonyl (C=O) groups excluding carboxylic acids is 3. The van der Waals surface area contributed by atoms with E-state index in [0.29, 0.717) is 18.6 Å². The molecule has 25 heavy (non-hydrogen) atoms. The van der Waals surface area contributed by atoms with Crippen molar-refractivity contribution in [1.29, 1.82) is 0 Å². The van der Waals surface area contributed by atoms with Gasteiger partial charge in [-0.05, 0) is 25.5 Å². The van der Waals surface area contributed by atoms with E-state index in [1.807, 2.05) is 6.92 Å². The highest BCUT2D eigenvalue weighted by atomic mass is 32.2. The minimum absolute atomic E-state index is 0.110. The molecule has 0 bridgehead atoms. The summed E-state index contributed by atoms with van der Waals surface area (Å²) < 4.78 is 31.5. The minimum Gasteiger partial charge on any atom is -0.454 e. The first-order chi connectivity index (χ1) is 11.8. The lowest BCUT2D eigenvalue weighted by Gasteiger charge is -2.29. The van der Waals surface area contributed by atoms with Crippen LogP contribution in [0, 0.1) is 11.6 Å². The highest BCUT2D eigenvalue weighted by molar-refractivity contribution is 8.01. The first-order valence-electron chi connectivity index (χ1n) is 7.68. The lowest BCUT2D eigenvalue weighted by molar-refractivity contribution is -0.155. The number of halogens is 2. The Labute approximate surface area is 146 Å². The van der Waals surface area contributed by atoms with Crippen molar-refractivity contribution >= 4 is 35.2 Å². The Morgan fingerprint density at radius 2 is 2.20 bits per heavy atom. The Kier molecular flexibility index (Phi) is 4.68. The first kappa shape index (κ1) is 17.7. The number of anilines is 1. The van der Waals surface area contributed by atoms with Crippen LogP contribution < -0.4 is 5.32 Å². The van der Waals surface area contributed by atoms with Crippen molar-refractivity contribution in [2.24, 2.45) is 0 Å². The molecule has 1 aromatic carbocycles. The molecule has 0 unspecified atom stereocenters. The number of thioether (sulfide) groups is 1. The number of carbonyl (C=O) groups is 3. The molecule has 2 fully saturated rings. The van der Waals surface area contributed by atoms with Crippen LogP contribution in [0.15, 0.2) is 18.2 Å². The minimum atomic E-state index is -0.799. The number of nitrogens with zero attached hydrogens (tertiary/aromatic N) is 1. The summed E-state index contributed by atoms with van der Waals surface area (Å²) in [6, 6.07) is 1.90. The molecule has 1 aromatic rings. The predicted octanol–water partition coefficient (Wildman–Crippen LogP) is 1.90. The molecule has 9 heteroatoms. The molecule has 134 valence electrons. The monoisotopic (exact) mass is 370 g/mol. The van der Waals surface area contributed by atoms with Crippen LogP contribution >= 0.6 is 11.8 Å². The number of fused-ring (bicyclic) bond motifs is 1. The molecule has 3 rings (SSSR count). The SMILES string of the molecule is C[C@]12CCC(=O)N1[C@@H](C(=O)OCC(=O)Nc1cc(F)ccc1F)CS2. The maximum Gasteiger partial charge on any atom is 0.330 e. The largest absolute Gasteiger partial charge is 0.454 e. The fourth-order valence-corrected chi connectivity index (χ4v) is 4.42. The van der Waals surface area contributed by atoms with Gasteiger partial charge in [0.2, 0.25) is 5.91 Å². The van der Waals surface area contributed by atoms with Gasteiger partial charge in [-0.2, -0.15) is 0 Å². The third-order valence-electron chi connectivity index (χ3n) is 4.26. The summed E-state index contributed by atoms with van der Waals surface area (Å²) in [5, 5.41) is 2.14. The van der Waals surface area contributed by atoms with E-state index in [-0.39, 0.29) is 11.6 Å². The summed E-state index contributed by atoms with van der Waals surface area (Å²) in [5.41, 5.74) is -0.334. The van der Waals surface area contributed by atoms with E-state index in [1.165, 1.54) is 16.7 Å². The zero-order valence-electron chi connectivity index (χ0n) is 13.4. The van der Waals surface area contributed by atoms with Crippen LogP contribution in [-0.2, 0) is 19.1 Å². The molecule has 1 N–H and O–H groups in total. The van der Waals surface area contributed by atoms with Crippen LogP contribution in [-0.4, -0.2) is 46.0 Å². The Hall–Kier alpha value is -2.16. The van der Waals surface area contributed by atoms with Gasteiger partial charge in [0, 0.05) is 18.2 Å². The number of hydrogen-bond donors (Lipinski definition) is 1. The molecule has 0 radical (unpaired) electrons. The van der Waals surface area contributed by atoms with Crippen LogP contribution in [0.3, 0.4) is 0 Å². The van der Waals surface area contributed by atoms with Gasteiger partial charge in [0.1, 0.15) is 17.7 Å². The molecular weight excluding hydrogens is 354 g/mol. The predicted molar refractivity (Wildman–Crippen MR) is 86.7 cm³/mol. The van der Waals surface area contributed by atoms with Gasteiger partial charge in [0.05, 0.1) is 10.6 Å². The Morgan fingerprint density at radius 1 is 1.44 bits per heavy atom. The Bertz CT molecular complexity index is 745. The summed E-state index contributed by atoms with van der Waals surface area (Å²) in [4.78, 5) is 37.1. The van der Waals surface area contributed by atoms with Gasteiger partial charge in [-0.15, -0.1) is 11.8 Å². The third-order valence-corrected chi connectivity index (χ3v) is 5.77. The molecule has 2 heterocycles. The van der Waals surface area contributed by atoms with Crippen LogP contribution in [0.5, 0.6) is 0 Å². The van der Waals surface area contributed by atoms with Gasteiger partial charge >= 0.3 is 5.97 Å². The van der Waals surface area contributed by atoms with E-state index in [9.17, 15) is 23.2 Å². The molecule has 2 aliphatic heterocycles. The quantitative estimate of drug-likeness (QED) is 0.820. The number of amides is 2. The number of ether oxygens (including phenoxy) is 1. The van der Waals surface area contributed by atoms with Crippen molar-refractivity contribution in [3.8, 4) is 0 Å². The number of nitrogens with one attached hydrogen (secondary N) is 1. The summed E-state index contributed by atoms with van der Waals surface area (Å²) in [6.07, 6.45) is 1.05. The first-order valence-corrected chi connectivity index (χ1v) is 8.66. The van der Waals surface area contributed by atoms with Crippen LogP contribution in [0.1, 0.15) is 19.8 Å². The highest BCUT2D eigenvalue weighted by Crippen LogP contribution is 2.47. The Balaban J connectivity index is 1.56. The standard InChI is InChI=1S/C16H16F2N2O4S/c1-16-5-4-14(22)20(16)12(8-25-16)15(23)24-7-13(21)19-11-6-9(17)2-3-10(11)18/h2-3,6,12H,4-5,7-8H2,1H3,(H,19,21)/t12-,16+/m1/s1. The normalized spacial score (nSPS) is 25.0. The lowest BCUT2D eigenvalue weighted by Crippen LogP contribution is -2.47. The average molecular weight is 370 g/mol. The van der Waals surface area contributed by atoms with Gasteiger partial charge in [-0.25, -0.2) is 13.6 Å². The summed E-state index contributed by atoms with van der Waals surface area (Å²) in [7, 11) is 0. The van der Waals surface area contributed by atoms with Crippen molar-refractivity contribution in [1.82, 2.24) is 4.90 Å². The van der Waals surface area contributed by atoms with E-state index >= 15 is 0 Å². The molecule has 2 atom stereocenters. The maximum absolute atomic E-state index is 13.5. The van der Waals surface area contributed by atoms with Gasteiger partial charge < -0.3 is 15.0 Å². The van der Waals surface area contributed by atoms with Crippen molar-refractivity contribution < 1.29 is 27.9 Å². The molecule has 0 spiro atoms. The molecule has 6 nitrogen and oxygen atoms in total. The third kappa shape index (κ3) is 3.46. The topological polar surface area (TPSA) is 75.7 Å². The Morgan fingerprint density at radius 3 is 2.96 bits per heavy atom. The second kappa shape index (κ2) is 6.62. The molecule has 0 saturated carbocycles. The molecule has 0 aliphatic carbocycles. The van der Waals surface area contributed by atoms with E-state index in [2.05, 4.69) is 5.32 Å². The summed E-state index contributed by atoms with van der Waals surface area (Å²) in [5.74, 6) is -2.68. The van der Waals surface area contributed by atoms with Gasteiger partial charge in [0.25, 0.3) is 5.91 Å². The van der Waals surface area contributed by atoms with Crippen LogP contribution in [0.2, 0.25) is 0 Å². The summed E-state index contributed by atoms with van der Waals surface area (Å²) >= 11 is 1.51. The number of benzene rings is 1. The van der Waals surface area contributed by atoms with E-state index in [4.69, 9.17) is 4.74 Å².